The highest BCUT2D eigenvalue weighted by molar-refractivity contribution is 9.10. The molecule has 0 aliphatic carbocycles. The lowest BCUT2D eigenvalue weighted by atomic mass is 10.1. The number of nitro benzene ring substituents is 1. The van der Waals surface area contributed by atoms with E-state index in [9.17, 15) is 28.1 Å². The Morgan fingerprint density at radius 1 is 1.07 bits per heavy atom. The molecule has 41 heavy (non-hydrogen) atoms. The summed E-state index contributed by atoms with van der Waals surface area (Å²) in [4.78, 5) is 38.5. The number of amides is 2. The van der Waals surface area contributed by atoms with Crippen LogP contribution in [0.15, 0.2) is 76.1 Å². The van der Waals surface area contributed by atoms with Gasteiger partial charge in [0, 0.05) is 29.2 Å². The molecule has 0 fully saturated rings. The monoisotopic (exact) mass is 646 g/mol. The molecule has 0 saturated carbocycles. The third kappa shape index (κ3) is 7.61. The number of hydrogen-bond donors (Lipinski definition) is 1. The molecule has 0 aromatic heterocycles. The zero-order chi connectivity index (χ0) is 30.3. The number of hydrogen-bond acceptors (Lipinski definition) is 7. The maximum atomic E-state index is 14.0. The van der Waals surface area contributed by atoms with Gasteiger partial charge in [-0.05, 0) is 68.8 Å². The Hall–Kier alpha value is -3.97. The van der Waals surface area contributed by atoms with Crippen LogP contribution in [0.2, 0.25) is 0 Å². The van der Waals surface area contributed by atoms with E-state index in [4.69, 9.17) is 4.74 Å². The third-order valence-corrected chi connectivity index (χ3v) is 8.69. The molecule has 0 bridgehead atoms. The Balaban J connectivity index is 2.08. The summed E-state index contributed by atoms with van der Waals surface area (Å²) >= 11 is 3.38. The second kappa shape index (κ2) is 13.6. The number of nitro groups is 1. The Morgan fingerprint density at radius 2 is 1.71 bits per heavy atom. The van der Waals surface area contributed by atoms with E-state index in [-0.39, 0.29) is 28.4 Å². The van der Waals surface area contributed by atoms with Gasteiger partial charge in [0.1, 0.15) is 18.3 Å². The first-order chi connectivity index (χ1) is 19.4. The Morgan fingerprint density at radius 3 is 2.27 bits per heavy atom. The highest BCUT2D eigenvalue weighted by atomic mass is 79.9. The van der Waals surface area contributed by atoms with Crippen molar-refractivity contribution in [3.63, 3.8) is 0 Å². The lowest BCUT2D eigenvalue weighted by molar-refractivity contribution is -0.385. The van der Waals surface area contributed by atoms with Gasteiger partial charge in [0.25, 0.3) is 15.7 Å². The van der Waals surface area contributed by atoms with Gasteiger partial charge in [0.15, 0.2) is 0 Å². The van der Waals surface area contributed by atoms with Gasteiger partial charge in [-0.1, -0.05) is 34.1 Å². The van der Waals surface area contributed by atoms with E-state index in [1.54, 1.807) is 38.1 Å². The van der Waals surface area contributed by atoms with Gasteiger partial charge >= 0.3 is 0 Å². The summed E-state index contributed by atoms with van der Waals surface area (Å²) in [6.07, 6.45) is 0. The van der Waals surface area contributed by atoms with E-state index < -0.39 is 39.3 Å². The van der Waals surface area contributed by atoms with E-state index in [0.717, 1.165) is 20.4 Å². The van der Waals surface area contributed by atoms with E-state index in [2.05, 4.69) is 21.2 Å². The molecule has 13 heteroatoms. The van der Waals surface area contributed by atoms with Crippen LogP contribution in [-0.4, -0.2) is 56.3 Å². The summed E-state index contributed by atoms with van der Waals surface area (Å²) in [6, 6.07) is 15.8. The summed E-state index contributed by atoms with van der Waals surface area (Å²) in [5, 5.41) is 14.2. The molecule has 0 aliphatic rings. The second-order valence-corrected chi connectivity index (χ2v) is 11.9. The van der Waals surface area contributed by atoms with Gasteiger partial charge in [-0.2, -0.15) is 0 Å². The molecule has 218 valence electrons. The number of anilines is 1. The molecule has 0 heterocycles. The molecule has 11 nitrogen and oxygen atoms in total. The number of sulfonamides is 1. The molecule has 3 rings (SSSR count). The molecule has 1 atom stereocenters. The zero-order valence-corrected chi connectivity index (χ0v) is 25.4. The minimum absolute atomic E-state index is 0.0386. The zero-order valence-electron chi connectivity index (χ0n) is 23.0. The summed E-state index contributed by atoms with van der Waals surface area (Å²) in [7, 11) is -3.02. The summed E-state index contributed by atoms with van der Waals surface area (Å²) in [6.45, 7) is 4.54. The molecule has 0 aliphatic heterocycles. The minimum atomic E-state index is -4.48. The second-order valence-electron chi connectivity index (χ2n) is 9.13. The molecule has 0 radical (unpaired) electrons. The molecule has 2 amide bonds. The fourth-order valence-corrected chi connectivity index (χ4v) is 5.74. The Labute approximate surface area is 247 Å². The molecule has 3 aromatic carbocycles. The highest BCUT2D eigenvalue weighted by Gasteiger charge is 2.33. The first-order valence-corrected chi connectivity index (χ1v) is 14.9. The van der Waals surface area contributed by atoms with Crippen LogP contribution in [0.4, 0.5) is 11.4 Å². The first kappa shape index (κ1) is 31.6. The van der Waals surface area contributed by atoms with Gasteiger partial charge in [-0.3, -0.25) is 24.0 Å². The number of ether oxygens (including phenoxy) is 1. The van der Waals surface area contributed by atoms with Gasteiger partial charge in [0.2, 0.25) is 11.8 Å². The lowest BCUT2D eigenvalue weighted by Crippen LogP contribution is -2.51. The van der Waals surface area contributed by atoms with E-state index in [1.807, 2.05) is 0 Å². The van der Waals surface area contributed by atoms with Crippen molar-refractivity contribution in [3.8, 4) is 5.75 Å². The number of nitrogens with one attached hydrogen (secondary N) is 1. The number of methoxy groups -OCH3 is 1. The molecule has 0 saturated heterocycles. The van der Waals surface area contributed by atoms with Crippen LogP contribution >= 0.6 is 15.9 Å². The molecular formula is C28H31BrN4O7S. The molecule has 1 N–H and O–H groups in total. The van der Waals surface area contributed by atoms with Gasteiger partial charge in [-0.25, -0.2) is 8.42 Å². The normalized spacial score (nSPS) is 11.8. The maximum absolute atomic E-state index is 14.0. The van der Waals surface area contributed by atoms with Gasteiger partial charge in [-0.15, -0.1) is 0 Å². The molecule has 3 aromatic rings. The standard InChI is InChI=1S/C28H31BrN4O7S/c1-5-30-28(35)20(3)31(17-21-7-9-22(29)10-8-21)27(34)18-32(23-11-13-24(40-4)14-12-23)41(38,39)25-15-6-19(2)26(16-25)33(36)37/h6-16,20H,5,17-18H2,1-4H3,(H,30,35)/t20-/m0/s1. The summed E-state index contributed by atoms with van der Waals surface area (Å²) in [5.74, 6) is -0.580. The fourth-order valence-electron chi connectivity index (χ4n) is 4.04. The average Bonchev–Trinajstić information content (AvgIpc) is 2.95. The minimum Gasteiger partial charge on any atom is -0.497 e. The fraction of sp³-hybridized carbons (Fsp3) is 0.286. The van der Waals surface area contributed by atoms with Gasteiger partial charge in [0.05, 0.1) is 22.6 Å². The quantitative estimate of drug-likeness (QED) is 0.227. The van der Waals surface area contributed by atoms with Crippen molar-refractivity contribution >= 4 is 49.1 Å². The smallest absolute Gasteiger partial charge is 0.273 e. The van der Waals surface area contributed by atoms with Crippen LogP contribution in [0.1, 0.15) is 25.0 Å². The van der Waals surface area contributed by atoms with Crippen LogP contribution in [-0.2, 0) is 26.2 Å². The van der Waals surface area contributed by atoms with Crippen LogP contribution in [0.25, 0.3) is 0 Å². The maximum Gasteiger partial charge on any atom is 0.273 e. The van der Waals surface area contributed by atoms with Crippen molar-refractivity contribution in [1.29, 1.82) is 0 Å². The predicted molar refractivity (Wildman–Crippen MR) is 158 cm³/mol. The number of aryl methyl sites for hydroxylation is 1. The van der Waals surface area contributed by atoms with Crippen LogP contribution < -0.4 is 14.4 Å². The first-order valence-electron chi connectivity index (χ1n) is 12.6. The molecule has 0 spiro atoms. The van der Waals surface area contributed by atoms with E-state index >= 15 is 0 Å². The third-order valence-electron chi connectivity index (χ3n) is 6.39. The summed E-state index contributed by atoms with van der Waals surface area (Å²) in [5.41, 5.74) is 0.786. The lowest BCUT2D eigenvalue weighted by Gasteiger charge is -2.32. The SMILES string of the molecule is CCNC(=O)[C@H](C)N(Cc1ccc(Br)cc1)C(=O)CN(c1ccc(OC)cc1)S(=O)(=O)c1ccc(C)c([N+](=O)[O-])c1. The Kier molecular flexibility index (Phi) is 10.5. The molecule has 0 unspecified atom stereocenters. The number of carbonyl (C=O) groups is 2. The topological polar surface area (TPSA) is 139 Å². The van der Waals surface area contributed by atoms with Crippen LogP contribution in [0.5, 0.6) is 5.75 Å². The van der Waals surface area contributed by atoms with Gasteiger partial charge < -0.3 is 15.0 Å². The van der Waals surface area contributed by atoms with Crippen LogP contribution in [0.3, 0.4) is 0 Å². The van der Waals surface area contributed by atoms with E-state index in [0.29, 0.717) is 12.3 Å². The van der Waals surface area contributed by atoms with Crippen molar-refractivity contribution in [3.05, 3.63) is 92.4 Å². The van der Waals surface area contributed by atoms with E-state index in [1.165, 1.54) is 55.3 Å². The molecular weight excluding hydrogens is 616 g/mol. The van der Waals surface area contributed by atoms with Crippen molar-refractivity contribution in [1.82, 2.24) is 10.2 Å². The van der Waals surface area contributed by atoms with Crippen LogP contribution in [0, 0.1) is 17.0 Å². The number of nitrogens with zero attached hydrogens (tertiary/aromatic N) is 3. The number of likely N-dealkylation sites (N-methyl/N-ethyl adjacent to an activating group) is 1. The summed E-state index contributed by atoms with van der Waals surface area (Å²) < 4.78 is 34.8. The number of carbonyl (C=O) groups excluding carboxylic acids is 2. The number of benzene rings is 3. The van der Waals surface area contributed by atoms with Crippen molar-refractivity contribution in [2.45, 2.75) is 38.3 Å². The van der Waals surface area contributed by atoms with Crippen molar-refractivity contribution in [2.24, 2.45) is 0 Å². The predicted octanol–water partition coefficient (Wildman–Crippen LogP) is 4.42. The number of halogens is 1. The Bertz CT molecular complexity index is 1510. The van der Waals surface area contributed by atoms with Crippen molar-refractivity contribution in [2.75, 3.05) is 24.5 Å². The largest absolute Gasteiger partial charge is 0.497 e. The average molecular weight is 648 g/mol. The number of rotatable bonds is 12. The van der Waals surface area contributed by atoms with Crippen molar-refractivity contribution < 1.29 is 27.7 Å². The highest BCUT2D eigenvalue weighted by Crippen LogP contribution is 2.29.